The lowest BCUT2D eigenvalue weighted by atomic mass is 10.1. The van der Waals surface area contributed by atoms with Crippen LogP contribution in [0.2, 0.25) is 0 Å². The molecule has 0 spiro atoms. The first-order chi connectivity index (χ1) is 16.9. The van der Waals surface area contributed by atoms with Crippen molar-refractivity contribution in [3.05, 3.63) is 88.2 Å². The number of carbonyl (C=O) groups is 3. The third kappa shape index (κ3) is 5.33. The smallest absolute Gasteiger partial charge is 0.282 e. The van der Waals surface area contributed by atoms with E-state index in [9.17, 15) is 18.8 Å². The van der Waals surface area contributed by atoms with Gasteiger partial charge in [-0.1, -0.05) is 46.3 Å². The van der Waals surface area contributed by atoms with Gasteiger partial charge in [0.15, 0.2) is 18.1 Å². The van der Waals surface area contributed by atoms with Gasteiger partial charge in [0.25, 0.3) is 17.7 Å². The number of hydrogen-bond acceptors (Lipinski definition) is 5. The number of carbonyl (C=O) groups excluding carboxylic acids is 3. The molecule has 0 saturated carbocycles. The lowest BCUT2D eigenvalue weighted by molar-refractivity contribution is -0.118. The number of hydrogen-bond donors (Lipinski definition) is 2. The summed E-state index contributed by atoms with van der Waals surface area (Å²) in [7, 11) is 1.41. The minimum absolute atomic E-state index is 0.0419. The van der Waals surface area contributed by atoms with Crippen LogP contribution in [0.25, 0.3) is 6.08 Å². The Labute approximate surface area is 208 Å². The van der Waals surface area contributed by atoms with Crippen LogP contribution < -0.4 is 25.2 Å². The first-order valence-electron chi connectivity index (χ1n) is 10.3. The molecular weight excluding hydrogens is 521 g/mol. The molecule has 3 amide bonds. The molecule has 1 saturated heterocycles. The van der Waals surface area contributed by atoms with Gasteiger partial charge in [0, 0.05) is 4.47 Å². The van der Waals surface area contributed by atoms with Gasteiger partial charge in [0.1, 0.15) is 11.4 Å². The first-order valence-corrected chi connectivity index (χ1v) is 11.1. The molecule has 178 valence electrons. The van der Waals surface area contributed by atoms with Crippen LogP contribution in [-0.4, -0.2) is 31.4 Å². The highest BCUT2D eigenvalue weighted by molar-refractivity contribution is 9.10. The van der Waals surface area contributed by atoms with Gasteiger partial charge in [-0.15, -0.1) is 0 Å². The number of amides is 3. The molecule has 0 aliphatic carbocycles. The highest BCUT2D eigenvalue weighted by atomic mass is 79.9. The summed E-state index contributed by atoms with van der Waals surface area (Å²) in [6.07, 6.45) is 1.43. The van der Waals surface area contributed by atoms with E-state index in [-0.39, 0.29) is 22.8 Å². The average molecular weight is 540 g/mol. The standard InChI is InChI=1S/C25H19BrFN3O5/c1-34-21-12-15(11-17-24(32)29-30(25(17)33)16-7-3-2-4-8-16)18(26)13-22(21)35-14-23(31)28-20-10-6-5-9-19(20)27/h2-13H,14H2,1H3,(H,28,31)(H,29,32)/b17-11-. The van der Waals surface area contributed by atoms with E-state index >= 15 is 0 Å². The molecule has 0 bridgehead atoms. The fourth-order valence-electron chi connectivity index (χ4n) is 3.30. The summed E-state index contributed by atoms with van der Waals surface area (Å²) in [4.78, 5) is 37.5. The van der Waals surface area contributed by atoms with Crippen LogP contribution in [0.1, 0.15) is 5.56 Å². The molecule has 0 radical (unpaired) electrons. The summed E-state index contributed by atoms with van der Waals surface area (Å²) in [5, 5.41) is 3.60. The minimum atomic E-state index is -0.561. The van der Waals surface area contributed by atoms with E-state index < -0.39 is 30.1 Å². The predicted molar refractivity (Wildman–Crippen MR) is 131 cm³/mol. The van der Waals surface area contributed by atoms with Crippen LogP contribution in [0.4, 0.5) is 15.8 Å². The summed E-state index contributed by atoms with van der Waals surface area (Å²) in [6.45, 7) is -0.398. The number of hydrazine groups is 1. The van der Waals surface area contributed by atoms with Gasteiger partial charge in [0.05, 0.1) is 18.5 Å². The Balaban J connectivity index is 1.51. The summed E-state index contributed by atoms with van der Waals surface area (Å²) >= 11 is 3.40. The Morgan fingerprint density at radius 2 is 1.80 bits per heavy atom. The second-order valence-corrected chi connectivity index (χ2v) is 8.17. The van der Waals surface area contributed by atoms with E-state index in [1.807, 2.05) is 0 Å². The number of halogens is 2. The quantitative estimate of drug-likeness (QED) is 0.348. The van der Waals surface area contributed by atoms with Crippen molar-refractivity contribution in [2.24, 2.45) is 0 Å². The maximum Gasteiger partial charge on any atom is 0.282 e. The first kappa shape index (κ1) is 24.0. The molecule has 0 aromatic heterocycles. The third-order valence-corrected chi connectivity index (χ3v) is 5.68. The predicted octanol–water partition coefficient (Wildman–Crippen LogP) is 4.08. The number of para-hydroxylation sites is 2. The van der Waals surface area contributed by atoms with Gasteiger partial charge in [0.2, 0.25) is 0 Å². The van der Waals surface area contributed by atoms with Crippen molar-refractivity contribution < 1.29 is 28.2 Å². The van der Waals surface area contributed by atoms with Crippen LogP contribution in [0.5, 0.6) is 11.5 Å². The fraction of sp³-hybridized carbons (Fsp3) is 0.0800. The molecule has 1 aliphatic heterocycles. The molecule has 3 aromatic rings. The zero-order valence-electron chi connectivity index (χ0n) is 18.4. The number of ether oxygens (including phenoxy) is 2. The molecule has 10 heteroatoms. The zero-order chi connectivity index (χ0) is 24.9. The largest absolute Gasteiger partial charge is 0.493 e. The molecule has 8 nitrogen and oxygen atoms in total. The number of benzene rings is 3. The van der Waals surface area contributed by atoms with Crippen molar-refractivity contribution >= 4 is 51.1 Å². The molecule has 1 heterocycles. The molecule has 4 rings (SSSR count). The Kier molecular flexibility index (Phi) is 7.11. The van der Waals surface area contributed by atoms with Crippen molar-refractivity contribution in [1.29, 1.82) is 0 Å². The Bertz CT molecular complexity index is 1330. The summed E-state index contributed by atoms with van der Waals surface area (Å²) in [5.41, 5.74) is 3.54. The van der Waals surface area contributed by atoms with Gasteiger partial charge < -0.3 is 14.8 Å². The second-order valence-electron chi connectivity index (χ2n) is 7.32. The average Bonchev–Trinajstić information content (AvgIpc) is 3.14. The van der Waals surface area contributed by atoms with Crippen molar-refractivity contribution in [3.63, 3.8) is 0 Å². The van der Waals surface area contributed by atoms with Crippen molar-refractivity contribution in [1.82, 2.24) is 5.43 Å². The van der Waals surface area contributed by atoms with Crippen molar-refractivity contribution in [2.75, 3.05) is 24.0 Å². The highest BCUT2D eigenvalue weighted by Gasteiger charge is 2.34. The van der Waals surface area contributed by atoms with Crippen LogP contribution >= 0.6 is 15.9 Å². The number of nitrogens with one attached hydrogen (secondary N) is 2. The van der Waals surface area contributed by atoms with Gasteiger partial charge in [-0.25, -0.2) is 9.40 Å². The van der Waals surface area contributed by atoms with E-state index in [0.29, 0.717) is 15.7 Å². The molecule has 2 N–H and O–H groups in total. The van der Waals surface area contributed by atoms with Crippen LogP contribution in [0.3, 0.4) is 0 Å². The fourth-order valence-corrected chi connectivity index (χ4v) is 3.73. The van der Waals surface area contributed by atoms with E-state index in [0.717, 1.165) is 0 Å². The Hall–Kier alpha value is -4.18. The molecule has 35 heavy (non-hydrogen) atoms. The Morgan fingerprint density at radius 3 is 2.51 bits per heavy atom. The molecule has 1 aliphatic rings. The van der Waals surface area contributed by atoms with Gasteiger partial charge in [-0.05, 0) is 48.0 Å². The molecule has 3 aromatic carbocycles. The van der Waals surface area contributed by atoms with Gasteiger partial charge >= 0.3 is 0 Å². The number of nitrogens with zero attached hydrogens (tertiary/aromatic N) is 1. The topological polar surface area (TPSA) is 97.0 Å². The van der Waals surface area contributed by atoms with Crippen molar-refractivity contribution in [3.8, 4) is 11.5 Å². The SMILES string of the molecule is COc1cc(/C=C2/C(=O)NN(c3ccccc3)C2=O)c(Br)cc1OCC(=O)Nc1ccccc1F. The van der Waals surface area contributed by atoms with E-state index in [4.69, 9.17) is 9.47 Å². The zero-order valence-corrected chi connectivity index (χ0v) is 20.0. The lowest BCUT2D eigenvalue weighted by Gasteiger charge is -2.14. The summed E-state index contributed by atoms with van der Waals surface area (Å²) in [6, 6.07) is 17.6. The lowest BCUT2D eigenvalue weighted by Crippen LogP contribution is -2.35. The second kappa shape index (κ2) is 10.4. The summed E-state index contributed by atoms with van der Waals surface area (Å²) in [5.74, 6) is -1.67. The maximum absolute atomic E-state index is 13.7. The normalized spacial score (nSPS) is 14.1. The van der Waals surface area contributed by atoms with E-state index in [1.165, 1.54) is 36.4 Å². The maximum atomic E-state index is 13.7. The van der Waals surface area contributed by atoms with Crippen LogP contribution in [0, 0.1) is 5.82 Å². The minimum Gasteiger partial charge on any atom is -0.493 e. The van der Waals surface area contributed by atoms with Crippen LogP contribution in [0.15, 0.2) is 76.8 Å². The van der Waals surface area contributed by atoms with Crippen molar-refractivity contribution in [2.45, 2.75) is 0 Å². The molecule has 1 fully saturated rings. The molecular formula is C25H19BrFN3O5. The monoisotopic (exact) mass is 539 g/mol. The van der Waals surface area contributed by atoms with E-state index in [2.05, 4.69) is 26.7 Å². The van der Waals surface area contributed by atoms with Gasteiger partial charge in [-0.3, -0.25) is 19.8 Å². The molecule has 0 atom stereocenters. The van der Waals surface area contributed by atoms with Crippen LogP contribution in [-0.2, 0) is 14.4 Å². The third-order valence-electron chi connectivity index (χ3n) is 5.00. The number of rotatable bonds is 7. The number of methoxy groups -OCH3 is 1. The van der Waals surface area contributed by atoms with Gasteiger partial charge in [-0.2, -0.15) is 0 Å². The molecule has 0 unspecified atom stereocenters. The highest BCUT2D eigenvalue weighted by Crippen LogP contribution is 2.35. The summed E-state index contributed by atoms with van der Waals surface area (Å²) < 4.78 is 25.1. The number of anilines is 2. The Morgan fingerprint density at radius 1 is 1.09 bits per heavy atom. The van der Waals surface area contributed by atoms with E-state index in [1.54, 1.807) is 48.5 Å².